The van der Waals surface area contributed by atoms with Gasteiger partial charge < -0.3 is 4.90 Å². The summed E-state index contributed by atoms with van der Waals surface area (Å²) in [5.41, 5.74) is 0. The first-order chi connectivity index (χ1) is 7.74. The summed E-state index contributed by atoms with van der Waals surface area (Å²) in [5, 5.41) is 3.64. The van der Waals surface area contributed by atoms with Crippen LogP contribution < -0.4 is 4.90 Å². The number of fused-ring (bicyclic) bond motifs is 2. The molecule has 1 aromatic heterocycles. The Morgan fingerprint density at radius 1 is 1.38 bits per heavy atom. The van der Waals surface area contributed by atoms with Crippen molar-refractivity contribution in [3.63, 3.8) is 0 Å². The topological polar surface area (TPSA) is 19.4 Å². The summed E-state index contributed by atoms with van der Waals surface area (Å²) in [5.74, 6) is 0. The van der Waals surface area contributed by atoms with Gasteiger partial charge in [0.05, 0.1) is 0 Å². The summed E-state index contributed by atoms with van der Waals surface area (Å²) in [4.78, 5) is 9.33. The summed E-state index contributed by atoms with van der Waals surface area (Å²) < 4.78 is 0. The first-order valence-corrected chi connectivity index (χ1v) is 7.07. The molecule has 2 atom stereocenters. The third-order valence-corrected chi connectivity index (χ3v) is 5.11. The molecule has 0 N–H and O–H groups in total. The summed E-state index contributed by atoms with van der Waals surface area (Å²) in [7, 11) is 2.26. The van der Waals surface area contributed by atoms with E-state index in [9.17, 15) is 0 Å². The molecule has 0 spiro atoms. The van der Waals surface area contributed by atoms with Crippen LogP contribution in [0.15, 0.2) is 5.38 Å². The molecule has 2 bridgehead atoms. The lowest BCUT2D eigenvalue weighted by molar-refractivity contribution is 0.254. The van der Waals surface area contributed by atoms with E-state index in [0.717, 1.165) is 24.3 Å². The van der Waals surface area contributed by atoms with Crippen molar-refractivity contribution in [3.05, 3.63) is 10.5 Å². The van der Waals surface area contributed by atoms with Crippen LogP contribution in [0.4, 0.5) is 5.13 Å². The van der Waals surface area contributed by atoms with E-state index in [-0.39, 0.29) is 0 Å². The van der Waals surface area contributed by atoms with Crippen molar-refractivity contribution < 1.29 is 0 Å². The van der Waals surface area contributed by atoms with Crippen molar-refractivity contribution in [2.24, 2.45) is 0 Å². The van der Waals surface area contributed by atoms with E-state index in [1.807, 2.05) is 5.38 Å². The van der Waals surface area contributed by atoms with E-state index in [1.165, 1.54) is 19.3 Å². The van der Waals surface area contributed by atoms with Gasteiger partial charge in [0, 0.05) is 30.6 Å². The quantitative estimate of drug-likeness (QED) is 0.771. The van der Waals surface area contributed by atoms with Gasteiger partial charge in [0.15, 0.2) is 5.13 Å². The van der Waals surface area contributed by atoms with Gasteiger partial charge in [-0.3, -0.25) is 4.90 Å². The van der Waals surface area contributed by atoms with Crippen LogP contribution in [0.5, 0.6) is 0 Å². The van der Waals surface area contributed by atoms with Gasteiger partial charge in [-0.1, -0.05) is 11.6 Å². The monoisotopic (exact) mass is 257 g/mol. The van der Waals surface area contributed by atoms with E-state index in [0.29, 0.717) is 11.2 Å². The third kappa shape index (κ3) is 1.83. The molecule has 2 aliphatic rings. The molecule has 2 aliphatic heterocycles. The van der Waals surface area contributed by atoms with Crippen LogP contribution in [0.2, 0.25) is 5.15 Å². The Labute approximate surface area is 105 Å². The zero-order valence-corrected chi connectivity index (χ0v) is 11.0. The highest BCUT2D eigenvalue weighted by Crippen LogP contribution is 2.32. The molecule has 2 saturated heterocycles. The average molecular weight is 258 g/mol. The lowest BCUT2D eigenvalue weighted by Crippen LogP contribution is -2.36. The minimum atomic E-state index is 0.628. The van der Waals surface area contributed by atoms with Gasteiger partial charge in [-0.2, -0.15) is 0 Å². The Balaban J connectivity index is 1.79. The Bertz CT molecular complexity index is 381. The van der Waals surface area contributed by atoms with Crippen molar-refractivity contribution in [1.82, 2.24) is 9.88 Å². The van der Waals surface area contributed by atoms with Crippen LogP contribution in [0, 0.1) is 0 Å². The zero-order valence-electron chi connectivity index (χ0n) is 9.40. The maximum Gasteiger partial charge on any atom is 0.186 e. The molecule has 5 heteroatoms. The average Bonchev–Trinajstić information content (AvgIpc) is 2.74. The highest BCUT2D eigenvalue weighted by atomic mass is 35.5. The summed E-state index contributed by atoms with van der Waals surface area (Å²) >= 11 is 7.55. The predicted molar refractivity (Wildman–Crippen MR) is 68.5 cm³/mol. The van der Waals surface area contributed by atoms with E-state index in [2.05, 4.69) is 21.8 Å². The molecule has 2 fully saturated rings. The number of hydrogen-bond acceptors (Lipinski definition) is 4. The molecule has 1 aromatic rings. The van der Waals surface area contributed by atoms with Gasteiger partial charge in [0.1, 0.15) is 5.15 Å². The number of rotatable bonds is 1. The van der Waals surface area contributed by atoms with Crippen molar-refractivity contribution in [2.45, 2.75) is 31.3 Å². The largest absolute Gasteiger partial charge is 0.346 e. The van der Waals surface area contributed by atoms with Crippen molar-refractivity contribution in [3.8, 4) is 0 Å². The number of hydrogen-bond donors (Lipinski definition) is 0. The highest BCUT2D eigenvalue weighted by Gasteiger charge is 2.35. The minimum Gasteiger partial charge on any atom is -0.346 e. The predicted octanol–water partition coefficient (Wildman–Crippen LogP) is 2.47. The van der Waals surface area contributed by atoms with Crippen LogP contribution in [0.3, 0.4) is 0 Å². The number of halogens is 1. The van der Waals surface area contributed by atoms with Crippen LogP contribution in [-0.4, -0.2) is 42.1 Å². The molecule has 3 rings (SSSR count). The Morgan fingerprint density at radius 2 is 2.19 bits per heavy atom. The number of nitrogens with zero attached hydrogens (tertiary/aromatic N) is 3. The molecule has 3 nitrogen and oxygen atoms in total. The van der Waals surface area contributed by atoms with Crippen molar-refractivity contribution >= 4 is 28.1 Å². The Hall–Kier alpha value is -0.320. The molecule has 0 aliphatic carbocycles. The molecule has 0 saturated carbocycles. The molecular weight excluding hydrogens is 242 g/mol. The summed E-state index contributed by atoms with van der Waals surface area (Å²) in [6.45, 7) is 2.23. The van der Waals surface area contributed by atoms with Gasteiger partial charge in [-0.25, -0.2) is 4.98 Å². The van der Waals surface area contributed by atoms with E-state index in [1.54, 1.807) is 11.3 Å². The summed E-state index contributed by atoms with van der Waals surface area (Å²) in [6, 6.07) is 1.49. The number of aromatic nitrogens is 1. The van der Waals surface area contributed by atoms with Crippen LogP contribution in [0.25, 0.3) is 0 Å². The molecular formula is C11H16ClN3S. The molecule has 0 amide bonds. The van der Waals surface area contributed by atoms with E-state index < -0.39 is 0 Å². The molecule has 16 heavy (non-hydrogen) atoms. The third-order valence-electron chi connectivity index (χ3n) is 3.88. The van der Waals surface area contributed by atoms with Crippen molar-refractivity contribution in [1.29, 1.82) is 0 Å². The Kier molecular flexibility index (Phi) is 2.81. The second kappa shape index (κ2) is 4.17. The molecule has 88 valence electrons. The zero-order chi connectivity index (χ0) is 11.1. The summed E-state index contributed by atoms with van der Waals surface area (Å²) in [6.07, 6.45) is 3.95. The van der Waals surface area contributed by atoms with Crippen LogP contribution >= 0.6 is 22.9 Å². The standard InChI is InChI=1S/C11H16ClN3S/c1-14-8-2-3-9(14)6-15(5-4-8)11-13-10(12)7-16-11/h7-9H,2-6H2,1H3. The first kappa shape index (κ1) is 10.8. The maximum absolute atomic E-state index is 5.89. The molecule has 0 radical (unpaired) electrons. The van der Waals surface area contributed by atoms with Crippen LogP contribution in [-0.2, 0) is 0 Å². The lowest BCUT2D eigenvalue weighted by atomic mass is 10.1. The lowest BCUT2D eigenvalue weighted by Gasteiger charge is -2.25. The fraction of sp³-hybridized carbons (Fsp3) is 0.727. The van der Waals surface area contributed by atoms with E-state index in [4.69, 9.17) is 11.6 Å². The molecule has 0 aromatic carbocycles. The fourth-order valence-corrected chi connectivity index (χ4v) is 3.86. The van der Waals surface area contributed by atoms with Gasteiger partial charge in [0.2, 0.25) is 0 Å². The van der Waals surface area contributed by atoms with E-state index >= 15 is 0 Å². The normalized spacial score (nSPS) is 30.8. The molecule has 3 heterocycles. The van der Waals surface area contributed by atoms with Crippen molar-refractivity contribution in [2.75, 3.05) is 25.0 Å². The van der Waals surface area contributed by atoms with Gasteiger partial charge >= 0.3 is 0 Å². The highest BCUT2D eigenvalue weighted by molar-refractivity contribution is 7.14. The number of thiazole rings is 1. The number of anilines is 1. The fourth-order valence-electron chi connectivity index (χ4n) is 2.87. The second-order valence-corrected chi connectivity index (χ2v) is 5.96. The van der Waals surface area contributed by atoms with Gasteiger partial charge in [0.25, 0.3) is 0 Å². The first-order valence-electron chi connectivity index (χ1n) is 5.82. The van der Waals surface area contributed by atoms with Gasteiger partial charge in [-0.05, 0) is 26.3 Å². The second-order valence-electron chi connectivity index (χ2n) is 4.74. The number of likely N-dealkylation sites (N-methyl/N-ethyl adjacent to an activating group) is 1. The van der Waals surface area contributed by atoms with Gasteiger partial charge in [-0.15, -0.1) is 11.3 Å². The maximum atomic E-state index is 5.89. The van der Waals surface area contributed by atoms with Crippen LogP contribution in [0.1, 0.15) is 19.3 Å². The Morgan fingerprint density at radius 3 is 2.94 bits per heavy atom. The molecule has 2 unspecified atom stereocenters. The smallest absolute Gasteiger partial charge is 0.186 e. The minimum absolute atomic E-state index is 0.628. The SMILES string of the molecule is CN1C2CCC1CN(c1nc(Cl)cs1)CC2.